The molecule has 2 fully saturated rings. The summed E-state index contributed by atoms with van der Waals surface area (Å²) in [6, 6.07) is 5.40. The maximum atomic E-state index is 13.1. The molecule has 1 aliphatic carbocycles. The average Bonchev–Trinajstić information content (AvgIpc) is 3.23. The molecule has 2 aromatic rings. The average molecular weight is 406 g/mol. The van der Waals surface area contributed by atoms with Crippen molar-refractivity contribution in [2.24, 2.45) is 11.3 Å². The number of hydrogen-bond acceptors (Lipinski definition) is 3. The summed E-state index contributed by atoms with van der Waals surface area (Å²) in [5.74, 6) is 0.691. The first-order valence-electron chi connectivity index (χ1n) is 9.92. The van der Waals surface area contributed by atoms with Crippen LogP contribution in [0.1, 0.15) is 41.9 Å². The van der Waals surface area contributed by atoms with Crippen LogP contribution in [0.2, 0.25) is 0 Å². The van der Waals surface area contributed by atoms with Crippen molar-refractivity contribution >= 4 is 5.91 Å². The summed E-state index contributed by atoms with van der Waals surface area (Å²) in [6.07, 6.45) is 0.152. The van der Waals surface area contributed by atoms with E-state index in [4.69, 9.17) is 0 Å². The Hall–Kier alpha value is -2.35. The molecule has 1 aromatic heterocycles. The van der Waals surface area contributed by atoms with Crippen LogP contribution < -0.4 is 5.32 Å². The predicted octanol–water partition coefficient (Wildman–Crippen LogP) is 3.66. The highest BCUT2D eigenvalue weighted by molar-refractivity contribution is 5.82. The normalized spacial score (nSPS) is 21.3. The highest BCUT2D eigenvalue weighted by atomic mass is 19.4. The number of piperidine rings is 1. The van der Waals surface area contributed by atoms with E-state index in [2.05, 4.69) is 20.2 Å². The van der Waals surface area contributed by atoms with Gasteiger partial charge in [-0.1, -0.05) is 18.2 Å². The molecular formula is C21H25F3N4O. The van der Waals surface area contributed by atoms with Crippen LogP contribution in [0.4, 0.5) is 13.2 Å². The van der Waals surface area contributed by atoms with E-state index >= 15 is 0 Å². The highest BCUT2D eigenvalue weighted by Crippen LogP contribution is 2.59. The van der Waals surface area contributed by atoms with Gasteiger partial charge in [0.2, 0.25) is 5.91 Å². The number of nitrogens with one attached hydrogen (secondary N) is 2. The van der Waals surface area contributed by atoms with E-state index in [0.717, 1.165) is 56.5 Å². The molecule has 5 nitrogen and oxygen atoms in total. The smallest absolute Gasteiger partial charge is 0.352 e. The highest BCUT2D eigenvalue weighted by Gasteiger charge is 2.58. The third-order valence-corrected chi connectivity index (χ3v) is 6.28. The minimum atomic E-state index is -4.41. The van der Waals surface area contributed by atoms with Gasteiger partial charge < -0.3 is 10.3 Å². The van der Waals surface area contributed by atoms with Gasteiger partial charge in [0.05, 0.1) is 5.56 Å². The first-order valence-corrected chi connectivity index (χ1v) is 9.92. The lowest BCUT2D eigenvalue weighted by molar-refractivity contribution is -0.138. The summed E-state index contributed by atoms with van der Waals surface area (Å²) in [7, 11) is 0. The van der Waals surface area contributed by atoms with E-state index in [1.54, 1.807) is 6.07 Å². The second-order valence-corrected chi connectivity index (χ2v) is 8.26. The van der Waals surface area contributed by atoms with Gasteiger partial charge in [0, 0.05) is 30.9 Å². The van der Waals surface area contributed by atoms with E-state index in [-0.39, 0.29) is 29.3 Å². The SMILES string of the molecule is Cc1ncc(CN2CCC3(CC2)CC3C(=O)NCc2ccccc2C(F)(F)F)[nH]1. The Morgan fingerprint density at radius 2 is 2.03 bits per heavy atom. The molecular weight excluding hydrogens is 381 g/mol. The number of hydrogen-bond donors (Lipinski definition) is 2. The zero-order chi connectivity index (χ0) is 20.6. The number of carbonyl (C=O) groups is 1. The molecule has 1 saturated heterocycles. The number of carbonyl (C=O) groups excluding carboxylic acids is 1. The van der Waals surface area contributed by atoms with E-state index in [1.807, 2.05) is 13.1 Å². The molecule has 0 bridgehead atoms. The molecule has 1 amide bonds. The molecule has 1 spiro atoms. The third-order valence-electron chi connectivity index (χ3n) is 6.28. The molecule has 29 heavy (non-hydrogen) atoms. The molecule has 2 aliphatic rings. The number of benzene rings is 1. The molecule has 1 aromatic carbocycles. The lowest BCUT2D eigenvalue weighted by Crippen LogP contribution is -2.36. The van der Waals surface area contributed by atoms with E-state index in [0.29, 0.717) is 0 Å². The largest absolute Gasteiger partial charge is 0.416 e. The molecule has 2 heterocycles. The topological polar surface area (TPSA) is 61.0 Å². The molecule has 1 atom stereocenters. The number of likely N-dealkylation sites (tertiary alicyclic amines) is 1. The number of aromatic amines is 1. The number of nitrogens with zero attached hydrogens (tertiary/aromatic N) is 2. The number of alkyl halides is 3. The van der Waals surface area contributed by atoms with E-state index in [1.165, 1.54) is 12.1 Å². The number of halogens is 3. The Bertz CT molecular complexity index is 884. The Kier molecular flexibility index (Phi) is 5.14. The van der Waals surface area contributed by atoms with Crippen molar-refractivity contribution in [1.29, 1.82) is 0 Å². The fraction of sp³-hybridized carbons (Fsp3) is 0.524. The number of rotatable bonds is 5. The van der Waals surface area contributed by atoms with Crippen molar-refractivity contribution in [3.63, 3.8) is 0 Å². The van der Waals surface area contributed by atoms with E-state index in [9.17, 15) is 18.0 Å². The van der Waals surface area contributed by atoms with Crippen LogP contribution >= 0.6 is 0 Å². The van der Waals surface area contributed by atoms with Gasteiger partial charge in [0.25, 0.3) is 0 Å². The van der Waals surface area contributed by atoms with E-state index < -0.39 is 11.7 Å². The van der Waals surface area contributed by atoms with Crippen LogP contribution in [0.25, 0.3) is 0 Å². The Balaban J connectivity index is 1.28. The van der Waals surface area contributed by atoms with Gasteiger partial charge in [-0.25, -0.2) is 4.98 Å². The molecule has 8 heteroatoms. The second kappa shape index (κ2) is 7.48. The zero-order valence-electron chi connectivity index (χ0n) is 16.4. The van der Waals surface area contributed by atoms with Gasteiger partial charge >= 0.3 is 6.18 Å². The van der Waals surface area contributed by atoms with Crippen LogP contribution in [0.15, 0.2) is 30.5 Å². The lowest BCUT2D eigenvalue weighted by atomic mass is 9.90. The fourth-order valence-corrected chi connectivity index (χ4v) is 4.48. The first-order chi connectivity index (χ1) is 13.8. The Morgan fingerprint density at radius 3 is 2.69 bits per heavy atom. The summed E-state index contributed by atoms with van der Waals surface area (Å²) in [4.78, 5) is 22.4. The van der Waals surface area contributed by atoms with Crippen molar-refractivity contribution < 1.29 is 18.0 Å². The van der Waals surface area contributed by atoms with Crippen molar-refractivity contribution in [3.8, 4) is 0 Å². The van der Waals surface area contributed by atoms with Gasteiger partial charge in [-0.15, -0.1) is 0 Å². The number of H-pyrrole nitrogens is 1. The maximum absolute atomic E-state index is 13.1. The molecule has 2 N–H and O–H groups in total. The van der Waals surface area contributed by atoms with Crippen molar-refractivity contribution in [2.45, 2.75) is 45.5 Å². The molecule has 4 rings (SSSR count). The number of aryl methyl sites for hydroxylation is 1. The minimum Gasteiger partial charge on any atom is -0.352 e. The van der Waals surface area contributed by atoms with Gasteiger partial charge in [-0.2, -0.15) is 13.2 Å². The summed E-state index contributed by atoms with van der Waals surface area (Å²) in [6.45, 7) is 4.49. The Labute approximate surface area is 167 Å². The molecule has 0 radical (unpaired) electrons. The third kappa shape index (κ3) is 4.32. The predicted molar refractivity (Wildman–Crippen MR) is 102 cm³/mol. The zero-order valence-corrected chi connectivity index (χ0v) is 16.4. The van der Waals surface area contributed by atoms with Gasteiger partial charge in [0.15, 0.2) is 0 Å². The molecule has 1 unspecified atom stereocenters. The summed E-state index contributed by atoms with van der Waals surface area (Å²) >= 11 is 0. The maximum Gasteiger partial charge on any atom is 0.416 e. The summed E-state index contributed by atoms with van der Waals surface area (Å²) < 4.78 is 39.3. The van der Waals surface area contributed by atoms with Crippen molar-refractivity contribution in [3.05, 3.63) is 53.1 Å². The molecule has 1 aliphatic heterocycles. The quantitative estimate of drug-likeness (QED) is 0.797. The minimum absolute atomic E-state index is 0.0219. The van der Waals surface area contributed by atoms with Crippen molar-refractivity contribution in [2.75, 3.05) is 13.1 Å². The van der Waals surface area contributed by atoms with Gasteiger partial charge in [0.1, 0.15) is 5.82 Å². The monoisotopic (exact) mass is 406 g/mol. The number of aromatic nitrogens is 2. The number of imidazole rings is 1. The standard InChI is InChI=1S/C21H25F3N4O/c1-14-25-12-16(27-14)13-28-8-6-20(7-9-28)10-18(20)19(29)26-11-15-4-2-3-5-17(15)21(22,23)24/h2-5,12,18H,6-11,13H2,1H3,(H,25,27)(H,26,29). The lowest BCUT2D eigenvalue weighted by Gasteiger charge is -2.32. The fourth-order valence-electron chi connectivity index (χ4n) is 4.48. The first kappa shape index (κ1) is 19.9. The van der Waals surface area contributed by atoms with Crippen LogP contribution in [-0.4, -0.2) is 33.9 Å². The summed E-state index contributed by atoms with van der Waals surface area (Å²) in [5, 5.41) is 2.73. The van der Waals surface area contributed by atoms with Gasteiger partial charge in [-0.3, -0.25) is 9.69 Å². The molecule has 156 valence electrons. The number of amides is 1. The van der Waals surface area contributed by atoms with Gasteiger partial charge in [-0.05, 0) is 56.3 Å². The Morgan fingerprint density at radius 1 is 1.31 bits per heavy atom. The van der Waals surface area contributed by atoms with Crippen LogP contribution in [0.3, 0.4) is 0 Å². The van der Waals surface area contributed by atoms with Crippen LogP contribution in [0.5, 0.6) is 0 Å². The van der Waals surface area contributed by atoms with Crippen molar-refractivity contribution in [1.82, 2.24) is 20.2 Å². The van der Waals surface area contributed by atoms with Crippen LogP contribution in [0, 0.1) is 18.3 Å². The molecule has 1 saturated carbocycles. The van der Waals surface area contributed by atoms with Crippen LogP contribution in [-0.2, 0) is 24.1 Å². The second-order valence-electron chi connectivity index (χ2n) is 8.26. The summed E-state index contributed by atoms with van der Waals surface area (Å²) in [5.41, 5.74) is 0.529.